The van der Waals surface area contributed by atoms with E-state index in [1.54, 1.807) is 34.3 Å². The van der Waals surface area contributed by atoms with Crippen molar-refractivity contribution in [1.29, 1.82) is 0 Å². The van der Waals surface area contributed by atoms with Crippen LogP contribution in [0.5, 0.6) is 0 Å². The lowest BCUT2D eigenvalue weighted by molar-refractivity contribution is 0.195. The van der Waals surface area contributed by atoms with Gasteiger partial charge in [0.1, 0.15) is 18.6 Å². The maximum atomic E-state index is 6.12. The van der Waals surface area contributed by atoms with Crippen LogP contribution in [0.1, 0.15) is 25.8 Å². The molecule has 0 N–H and O–H groups in total. The van der Waals surface area contributed by atoms with E-state index in [1.807, 2.05) is 32.3 Å². The van der Waals surface area contributed by atoms with Crippen LogP contribution in [0.2, 0.25) is 0 Å². The van der Waals surface area contributed by atoms with Gasteiger partial charge >= 0.3 is 0 Å². The van der Waals surface area contributed by atoms with Gasteiger partial charge in [-0.05, 0) is 25.3 Å². The van der Waals surface area contributed by atoms with Crippen molar-refractivity contribution in [3.8, 4) is 11.3 Å². The Labute approximate surface area is 166 Å². The highest BCUT2D eigenvalue weighted by molar-refractivity contribution is 5.69. The van der Waals surface area contributed by atoms with Gasteiger partial charge in [-0.25, -0.2) is 14.6 Å². The first-order valence-corrected chi connectivity index (χ1v) is 9.35. The van der Waals surface area contributed by atoms with Gasteiger partial charge in [-0.1, -0.05) is 23.4 Å². The van der Waals surface area contributed by atoms with Crippen LogP contribution >= 0.6 is 0 Å². The number of nitrogens with zero attached hydrogens (tertiary/aromatic N) is 7. The summed E-state index contributed by atoms with van der Waals surface area (Å²) in [4.78, 5) is 9.10. The van der Waals surface area contributed by atoms with Crippen molar-refractivity contribution in [3.63, 3.8) is 0 Å². The second-order valence-corrected chi connectivity index (χ2v) is 6.91. The van der Waals surface area contributed by atoms with E-state index in [0.717, 1.165) is 24.0 Å². The molecule has 9 heteroatoms. The Hall–Kier alpha value is -3.75. The number of aryl methyl sites for hydroxylation is 1. The Bertz CT molecular complexity index is 1200. The van der Waals surface area contributed by atoms with Crippen LogP contribution < -0.4 is 0 Å². The predicted molar refractivity (Wildman–Crippen MR) is 105 cm³/mol. The first-order chi connectivity index (χ1) is 14.2. The molecular weight excluding hydrogens is 370 g/mol. The first-order valence-electron chi connectivity index (χ1n) is 9.35. The van der Waals surface area contributed by atoms with Crippen LogP contribution in [0.15, 0.2) is 66.4 Å². The molecule has 1 aliphatic carbocycles. The molecule has 2 aliphatic rings. The minimum absolute atomic E-state index is 0.276. The second kappa shape index (κ2) is 7.01. The van der Waals surface area contributed by atoms with Gasteiger partial charge in [-0.2, -0.15) is 5.10 Å². The zero-order valence-corrected chi connectivity index (χ0v) is 16.1. The Morgan fingerprint density at radius 1 is 1.21 bits per heavy atom. The van der Waals surface area contributed by atoms with E-state index < -0.39 is 0 Å². The molecular formula is C20H19N7O2. The molecule has 0 saturated heterocycles. The summed E-state index contributed by atoms with van der Waals surface area (Å²) < 4.78 is 15.1. The zero-order valence-electron chi connectivity index (χ0n) is 16.1. The standard InChI is InChI=1S/C20H19N7O2/c1-13(17-11-28-12-18(29-17)14-6-4-3-5-7-14)27-20-19(24-25-27)21-9-16(23-20)15-8-22-26(2)10-15/h3-4,6,8-13H,5,7H2,1-2H3. The summed E-state index contributed by atoms with van der Waals surface area (Å²) in [7, 11) is 1.86. The summed E-state index contributed by atoms with van der Waals surface area (Å²) in [5.41, 5.74) is 3.72. The summed E-state index contributed by atoms with van der Waals surface area (Å²) in [5, 5.41) is 12.6. The summed E-state index contributed by atoms with van der Waals surface area (Å²) in [5.74, 6) is 1.34. The molecule has 0 amide bonds. The monoisotopic (exact) mass is 389 g/mol. The third kappa shape index (κ3) is 3.20. The third-order valence-corrected chi connectivity index (χ3v) is 4.88. The molecule has 146 valence electrons. The average Bonchev–Trinajstić information content (AvgIpc) is 3.39. The van der Waals surface area contributed by atoms with Gasteiger partial charge in [0.2, 0.25) is 5.65 Å². The van der Waals surface area contributed by atoms with Gasteiger partial charge in [0.05, 0.1) is 18.1 Å². The fraction of sp³-hybridized carbons (Fsp3) is 0.250. The van der Waals surface area contributed by atoms with Crippen LogP contribution in [0.3, 0.4) is 0 Å². The van der Waals surface area contributed by atoms with E-state index in [9.17, 15) is 0 Å². The molecule has 0 spiro atoms. The Kier molecular flexibility index (Phi) is 4.19. The molecule has 0 aromatic carbocycles. The highest BCUT2D eigenvalue weighted by atomic mass is 16.5. The molecule has 0 radical (unpaired) electrons. The lowest BCUT2D eigenvalue weighted by Gasteiger charge is -2.23. The third-order valence-electron chi connectivity index (χ3n) is 4.88. The highest BCUT2D eigenvalue weighted by Gasteiger charge is 2.24. The largest absolute Gasteiger partial charge is 0.465 e. The summed E-state index contributed by atoms with van der Waals surface area (Å²) >= 11 is 0. The summed E-state index contributed by atoms with van der Waals surface area (Å²) in [6.45, 7) is 1.96. The first kappa shape index (κ1) is 17.4. The second-order valence-electron chi connectivity index (χ2n) is 6.91. The zero-order chi connectivity index (χ0) is 19.8. The van der Waals surface area contributed by atoms with Crippen molar-refractivity contribution in [2.75, 3.05) is 0 Å². The van der Waals surface area contributed by atoms with E-state index in [-0.39, 0.29) is 6.04 Å². The molecule has 5 rings (SSSR count). The Morgan fingerprint density at radius 2 is 2.14 bits per heavy atom. The molecule has 1 aliphatic heterocycles. The van der Waals surface area contributed by atoms with Gasteiger partial charge < -0.3 is 9.47 Å². The average molecular weight is 389 g/mol. The molecule has 4 heterocycles. The molecule has 3 aromatic rings. The van der Waals surface area contributed by atoms with Crippen LogP contribution in [0, 0.1) is 0 Å². The number of fused-ring (bicyclic) bond motifs is 1. The van der Waals surface area contributed by atoms with Crippen molar-refractivity contribution in [2.45, 2.75) is 25.8 Å². The highest BCUT2D eigenvalue weighted by Crippen LogP contribution is 2.31. The normalized spacial score (nSPS) is 17.2. The number of hydrogen-bond acceptors (Lipinski definition) is 7. The van der Waals surface area contributed by atoms with Crippen molar-refractivity contribution in [3.05, 3.63) is 66.4 Å². The van der Waals surface area contributed by atoms with E-state index in [1.165, 1.54) is 0 Å². The summed E-state index contributed by atoms with van der Waals surface area (Å²) in [6.07, 6.45) is 16.6. The molecule has 1 unspecified atom stereocenters. The Morgan fingerprint density at radius 3 is 2.93 bits per heavy atom. The molecule has 9 nitrogen and oxygen atoms in total. The van der Waals surface area contributed by atoms with Gasteiger partial charge in [-0.3, -0.25) is 4.68 Å². The van der Waals surface area contributed by atoms with Gasteiger partial charge in [0, 0.05) is 18.8 Å². The smallest absolute Gasteiger partial charge is 0.221 e. The van der Waals surface area contributed by atoms with Crippen LogP contribution in [-0.2, 0) is 16.5 Å². The van der Waals surface area contributed by atoms with Crippen LogP contribution in [0.4, 0.5) is 0 Å². The van der Waals surface area contributed by atoms with E-state index >= 15 is 0 Å². The topological polar surface area (TPSA) is 92.8 Å². The number of rotatable bonds is 4. The number of allylic oxidation sites excluding steroid dienone is 5. The minimum atomic E-state index is -0.276. The molecule has 3 aromatic heterocycles. The Balaban J connectivity index is 1.45. The number of aromatic nitrogens is 7. The molecule has 0 saturated carbocycles. The van der Waals surface area contributed by atoms with Crippen LogP contribution in [-0.4, -0.2) is 34.7 Å². The van der Waals surface area contributed by atoms with Gasteiger partial charge in [-0.15, -0.1) is 5.10 Å². The fourth-order valence-electron chi connectivity index (χ4n) is 3.27. The maximum Gasteiger partial charge on any atom is 0.221 e. The van der Waals surface area contributed by atoms with E-state index in [0.29, 0.717) is 28.5 Å². The van der Waals surface area contributed by atoms with Crippen molar-refractivity contribution >= 4 is 11.3 Å². The maximum absolute atomic E-state index is 6.12. The van der Waals surface area contributed by atoms with Crippen molar-refractivity contribution in [1.82, 2.24) is 34.7 Å². The number of hydrogen-bond donors (Lipinski definition) is 0. The van der Waals surface area contributed by atoms with Crippen molar-refractivity contribution < 1.29 is 9.47 Å². The lowest BCUT2D eigenvalue weighted by Crippen LogP contribution is -2.15. The summed E-state index contributed by atoms with van der Waals surface area (Å²) in [6, 6.07) is -0.276. The lowest BCUT2D eigenvalue weighted by atomic mass is 10.0. The number of ether oxygens (including phenoxy) is 2. The van der Waals surface area contributed by atoms with Crippen LogP contribution in [0.25, 0.3) is 22.6 Å². The molecule has 0 fully saturated rings. The van der Waals surface area contributed by atoms with E-state index in [2.05, 4.69) is 26.5 Å². The fourth-order valence-corrected chi connectivity index (χ4v) is 3.27. The van der Waals surface area contributed by atoms with Gasteiger partial charge in [0.25, 0.3) is 0 Å². The SMILES string of the molecule is CC(C1=COC=C(C2=CC=CCC2)O1)n1nnc2ncc(-c3cnn(C)c3)nc21. The quantitative estimate of drug-likeness (QED) is 0.676. The van der Waals surface area contributed by atoms with E-state index in [4.69, 9.17) is 14.5 Å². The molecule has 29 heavy (non-hydrogen) atoms. The minimum Gasteiger partial charge on any atom is -0.465 e. The molecule has 0 bridgehead atoms. The molecule has 1 atom stereocenters. The predicted octanol–water partition coefficient (Wildman–Crippen LogP) is 3.19. The van der Waals surface area contributed by atoms with Crippen molar-refractivity contribution in [2.24, 2.45) is 7.05 Å². The van der Waals surface area contributed by atoms with Gasteiger partial charge in [0.15, 0.2) is 17.2 Å².